The number of likely N-dealkylation sites (tertiary alicyclic amines) is 1. The van der Waals surface area contributed by atoms with Crippen molar-refractivity contribution < 1.29 is 18.3 Å². The van der Waals surface area contributed by atoms with Crippen LogP contribution in [0.5, 0.6) is 0 Å². The average Bonchev–Trinajstić information content (AvgIpc) is 3.38. The minimum absolute atomic E-state index is 0.0162. The maximum Gasteiger partial charge on any atom is 0.239 e. The van der Waals surface area contributed by atoms with Gasteiger partial charge in [0.15, 0.2) is 0 Å². The number of fused-ring (bicyclic) bond motifs is 2. The molecule has 0 spiro atoms. The summed E-state index contributed by atoms with van der Waals surface area (Å²) in [5.74, 6) is 0.167. The molecule has 4 saturated heterocycles. The number of carbonyl (C=O) groups excluding carboxylic acids is 1. The maximum atomic E-state index is 14.2. The van der Waals surface area contributed by atoms with Crippen LogP contribution in [-0.2, 0) is 9.53 Å². The van der Waals surface area contributed by atoms with E-state index in [-0.39, 0.29) is 42.5 Å². The zero-order chi connectivity index (χ0) is 18.5. The number of nitrogens with zero attached hydrogens (tertiary/aromatic N) is 1. The van der Waals surface area contributed by atoms with Gasteiger partial charge in [-0.15, -0.1) is 0 Å². The molecule has 1 amide bonds. The van der Waals surface area contributed by atoms with E-state index in [1.165, 1.54) is 0 Å². The SMILES string of the molecule is O=C(C1CC2C(F)CC(F)CC2N1)N1CCC2NNC(C3CCCO3)C2C1. The zero-order valence-electron chi connectivity index (χ0n) is 15.6. The molecule has 3 N–H and O–H groups in total. The first kappa shape index (κ1) is 18.2. The number of alkyl halides is 2. The molecule has 9 unspecified atom stereocenters. The second-order valence-electron chi connectivity index (χ2n) is 9.02. The molecule has 0 aromatic heterocycles. The lowest BCUT2D eigenvalue weighted by Crippen LogP contribution is -2.54. The van der Waals surface area contributed by atoms with E-state index in [2.05, 4.69) is 16.2 Å². The Kier molecular flexibility index (Phi) is 4.86. The minimum Gasteiger partial charge on any atom is -0.377 e. The molecule has 5 fully saturated rings. The van der Waals surface area contributed by atoms with Crippen LogP contribution in [0.15, 0.2) is 0 Å². The Hall–Kier alpha value is -0.830. The molecule has 0 aromatic carbocycles. The molecule has 152 valence electrons. The third-order valence-electron chi connectivity index (χ3n) is 7.43. The van der Waals surface area contributed by atoms with Crippen LogP contribution in [-0.4, -0.2) is 73.1 Å². The van der Waals surface area contributed by atoms with Crippen LogP contribution >= 0.6 is 0 Å². The largest absolute Gasteiger partial charge is 0.377 e. The highest BCUT2D eigenvalue weighted by Crippen LogP contribution is 2.38. The molecule has 1 saturated carbocycles. The number of halogens is 2. The van der Waals surface area contributed by atoms with Crippen molar-refractivity contribution >= 4 is 5.91 Å². The molecular formula is C19H30F2N4O2. The van der Waals surface area contributed by atoms with E-state index < -0.39 is 12.3 Å². The lowest BCUT2D eigenvalue weighted by Gasteiger charge is -2.38. The number of carbonyl (C=O) groups is 1. The summed E-state index contributed by atoms with van der Waals surface area (Å²) in [6, 6.07) is 0.0212. The van der Waals surface area contributed by atoms with Crippen molar-refractivity contribution in [2.45, 2.75) is 81.1 Å². The third-order valence-corrected chi connectivity index (χ3v) is 7.43. The quantitative estimate of drug-likeness (QED) is 0.653. The first-order chi connectivity index (χ1) is 13.1. The van der Waals surface area contributed by atoms with Gasteiger partial charge in [0.05, 0.1) is 18.2 Å². The summed E-state index contributed by atoms with van der Waals surface area (Å²) in [5.41, 5.74) is 6.79. The van der Waals surface area contributed by atoms with Gasteiger partial charge < -0.3 is 15.0 Å². The lowest BCUT2D eigenvalue weighted by molar-refractivity contribution is -0.135. The normalized spacial score (nSPS) is 49.9. The lowest BCUT2D eigenvalue weighted by atomic mass is 9.82. The van der Waals surface area contributed by atoms with Crippen LogP contribution in [0.25, 0.3) is 0 Å². The molecule has 1 aliphatic carbocycles. The first-order valence-electron chi connectivity index (χ1n) is 10.6. The Morgan fingerprint density at radius 2 is 1.93 bits per heavy atom. The van der Waals surface area contributed by atoms with Crippen molar-refractivity contribution in [2.24, 2.45) is 11.8 Å². The van der Waals surface area contributed by atoms with Gasteiger partial charge in [-0.1, -0.05) is 0 Å². The molecule has 5 rings (SSSR count). The zero-order valence-corrected chi connectivity index (χ0v) is 15.6. The van der Waals surface area contributed by atoms with E-state index in [4.69, 9.17) is 4.74 Å². The Labute approximate surface area is 158 Å². The first-order valence-corrected chi connectivity index (χ1v) is 10.6. The summed E-state index contributed by atoms with van der Waals surface area (Å²) in [6.45, 7) is 2.23. The van der Waals surface area contributed by atoms with Crippen molar-refractivity contribution in [1.29, 1.82) is 0 Å². The molecule has 0 aromatic rings. The van der Waals surface area contributed by atoms with Gasteiger partial charge in [0.2, 0.25) is 5.91 Å². The molecule has 4 heterocycles. The smallest absolute Gasteiger partial charge is 0.239 e. The minimum atomic E-state index is -1.14. The van der Waals surface area contributed by atoms with Gasteiger partial charge in [-0.3, -0.25) is 15.6 Å². The number of hydrazine groups is 1. The number of rotatable bonds is 2. The molecular weight excluding hydrogens is 354 g/mol. The predicted octanol–water partition coefficient (Wildman–Crippen LogP) is 0.676. The molecule has 9 atom stereocenters. The Morgan fingerprint density at radius 3 is 2.74 bits per heavy atom. The molecule has 4 aliphatic heterocycles. The van der Waals surface area contributed by atoms with Crippen molar-refractivity contribution in [3.8, 4) is 0 Å². The van der Waals surface area contributed by atoms with E-state index in [0.717, 1.165) is 25.9 Å². The van der Waals surface area contributed by atoms with Crippen molar-refractivity contribution in [3.05, 3.63) is 0 Å². The van der Waals surface area contributed by atoms with Crippen LogP contribution in [0.4, 0.5) is 8.78 Å². The van der Waals surface area contributed by atoms with Gasteiger partial charge in [-0.05, 0) is 32.1 Å². The van der Waals surface area contributed by atoms with Gasteiger partial charge in [0.1, 0.15) is 12.3 Å². The third kappa shape index (κ3) is 3.28. The highest BCUT2D eigenvalue weighted by atomic mass is 19.1. The molecule has 5 aliphatic rings. The van der Waals surface area contributed by atoms with Gasteiger partial charge >= 0.3 is 0 Å². The fourth-order valence-electron chi connectivity index (χ4n) is 6.00. The second kappa shape index (κ2) is 7.21. The van der Waals surface area contributed by atoms with E-state index in [1.54, 1.807) is 0 Å². The van der Waals surface area contributed by atoms with Crippen molar-refractivity contribution in [2.75, 3.05) is 19.7 Å². The van der Waals surface area contributed by atoms with E-state index >= 15 is 0 Å². The van der Waals surface area contributed by atoms with Crippen LogP contribution in [0.3, 0.4) is 0 Å². The number of piperidine rings is 1. The van der Waals surface area contributed by atoms with Crippen LogP contribution < -0.4 is 16.2 Å². The van der Waals surface area contributed by atoms with Crippen molar-refractivity contribution in [3.63, 3.8) is 0 Å². The molecule has 0 radical (unpaired) electrons. The summed E-state index contributed by atoms with van der Waals surface area (Å²) in [5, 5.41) is 3.25. The summed E-state index contributed by atoms with van der Waals surface area (Å²) >= 11 is 0. The highest BCUT2D eigenvalue weighted by Gasteiger charge is 2.49. The highest BCUT2D eigenvalue weighted by molar-refractivity contribution is 5.82. The Bertz CT molecular complexity index is 576. The monoisotopic (exact) mass is 384 g/mol. The number of hydrogen-bond acceptors (Lipinski definition) is 5. The molecule has 6 nitrogen and oxygen atoms in total. The van der Waals surface area contributed by atoms with Crippen LogP contribution in [0, 0.1) is 11.8 Å². The van der Waals surface area contributed by atoms with Crippen LogP contribution in [0.1, 0.15) is 38.5 Å². The van der Waals surface area contributed by atoms with E-state index in [0.29, 0.717) is 37.9 Å². The maximum absolute atomic E-state index is 14.2. The number of hydrogen-bond donors (Lipinski definition) is 3. The second-order valence-corrected chi connectivity index (χ2v) is 9.02. The fraction of sp³-hybridized carbons (Fsp3) is 0.947. The summed E-state index contributed by atoms with van der Waals surface area (Å²) in [6.07, 6.45) is 1.85. The standard InChI is InChI=1S/C19H30F2N4O2/c20-10-6-13(21)11-8-16(22-15(11)7-10)19(26)25-4-3-14-12(9-25)18(24-23-14)17-2-1-5-27-17/h10-18,22-24H,1-9H2. The van der Waals surface area contributed by atoms with E-state index in [9.17, 15) is 13.6 Å². The van der Waals surface area contributed by atoms with Crippen LogP contribution in [0.2, 0.25) is 0 Å². The fourth-order valence-corrected chi connectivity index (χ4v) is 6.00. The molecule has 0 bridgehead atoms. The number of nitrogens with one attached hydrogen (secondary N) is 3. The summed E-state index contributed by atoms with van der Waals surface area (Å²) < 4.78 is 33.8. The van der Waals surface area contributed by atoms with Crippen molar-refractivity contribution in [1.82, 2.24) is 21.1 Å². The average molecular weight is 384 g/mol. The number of ether oxygens (including phenoxy) is 1. The van der Waals surface area contributed by atoms with Gasteiger partial charge in [0, 0.05) is 50.0 Å². The Morgan fingerprint density at radius 1 is 1.04 bits per heavy atom. The predicted molar refractivity (Wildman–Crippen MR) is 95.4 cm³/mol. The molecule has 27 heavy (non-hydrogen) atoms. The summed E-state index contributed by atoms with van der Waals surface area (Å²) in [7, 11) is 0. The number of amides is 1. The molecule has 8 heteroatoms. The topological polar surface area (TPSA) is 65.6 Å². The van der Waals surface area contributed by atoms with Gasteiger partial charge in [-0.25, -0.2) is 8.78 Å². The van der Waals surface area contributed by atoms with Gasteiger partial charge in [-0.2, -0.15) is 0 Å². The summed E-state index contributed by atoms with van der Waals surface area (Å²) in [4.78, 5) is 15.1. The van der Waals surface area contributed by atoms with E-state index in [1.807, 2.05) is 4.90 Å². The van der Waals surface area contributed by atoms with Gasteiger partial charge in [0.25, 0.3) is 0 Å². The Balaban J connectivity index is 1.23.